The van der Waals surface area contributed by atoms with Crippen LogP contribution < -0.4 is 21.3 Å². The van der Waals surface area contributed by atoms with Crippen LogP contribution in [0.15, 0.2) is 267 Å². The maximum atomic E-state index is 11.3. The molecule has 12 aromatic carbocycles. The van der Waals surface area contributed by atoms with E-state index < -0.39 is 0 Å². The number of ether oxygens (including phenoxy) is 4. The number of hydrogen-bond donors (Lipinski definition) is 4. The maximum Gasteiger partial charge on any atom is 0.305 e. The van der Waals surface area contributed by atoms with E-state index in [2.05, 4.69) is 316 Å². The number of carbonyl (C=O) groups is 4. The molecule has 0 aliphatic heterocycles. The van der Waals surface area contributed by atoms with E-state index in [4.69, 9.17) is 18.9 Å². The smallest absolute Gasteiger partial charge is 0.305 e. The van der Waals surface area contributed by atoms with Crippen LogP contribution in [0.25, 0.3) is 43.1 Å². The van der Waals surface area contributed by atoms with E-state index in [1.54, 1.807) is 0 Å². The first kappa shape index (κ1) is 87.2. The van der Waals surface area contributed by atoms with E-state index in [0.717, 1.165) is 25.7 Å². The summed E-state index contributed by atoms with van der Waals surface area (Å²) in [6.45, 7) is 9.13. The number of rotatable bonds is 28. The number of fused-ring (bicyclic) bond motifs is 4. The van der Waals surface area contributed by atoms with E-state index in [0.29, 0.717) is 97.7 Å². The van der Waals surface area contributed by atoms with Crippen LogP contribution in [-0.2, 0) is 63.8 Å². The lowest BCUT2D eigenvalue weighted by Gasteiger charge is -2.21. The summed E-state index contributed by atoms with van der Waals surface area (Å²) in [6, 6.07) is 99.7. The minimum absolute atomic E-state index is 0.149. The second kappa shape index (κ2) is 43.6. The Kier molecular flexibility index (Phi) is 31.7. The molecule has 16 rings (SSSR count). The third-order valence-electron chi connectivity index (χ3n) is 26.0. The number of methoxy groups -OCH3 is 4. The molecule has 0 aromatic heterocycles. The SMILES string of the molecule is COC(=O)CCc1ccc([C@@H]2CC[C@@H](N[C@H](C)c3cccc4ccccc34)C2)cc1.COC(=O)CCc1ccc([C@@H]2CC[C@H](N[C@H](C)c3cccc4ccccc34)C2)cc1.COC(=O)CCc1ccc([C@H]2CC[C@@H](N[C@H](C)c3cccc4ccccc34)C2)cc1.COC(=O)CCc1ccc([C@H]2CC[C@H](N[C@H](C)c3cccc4ccccc34)C2)cc1. The second-order valence-electron chi connectivity index (χ2n) is 33.9. The zero-order valence-corrected chi connectivity index (χ0v) is 71.7. The monoisotopic (exact) mass is 1600 g/mol. The largest absolute Gasteiger partial charge is 0.469 e. The zero-order valence-electron chi connectivity index (χ0n) is 71.7. The van der Waals surface area contributed by atoms with Gasteiger partial charge in [0.2, 0.25) is 0 Å². The highest BCUT2D eigenvalue weighted by molar-refractivity contribution is 5.89. The quantitative estimate of drug-likeness (QED) is 0.0273. The van der Waals surface area contributed by atoms with Gasteiger partial charge in [-0.05, 0) is 264 Å². The number of carbonyl (C=O) groups excluding carboxylic acids is 4. The minimum atomic E-state index is -0.149. The average molecular weight is 1610 g/mol. The number of benzene rings is 12. The standard InChI is InChI=1S/4C27H31NO2/c4*1-19(25-9-5-7-22-6-3-4-8-26(22)25)28-24-16-15-23(18-24)21-13-10-20(11-14-21)12-17-27(29)30-2/h4*3-11,13-14,19,23-24,28H,12,15-18H2,1-2H3/t19-,23+,24+;19-,23+,24-;19-,23-,24+;19-,23-,24-/m1111/s1. The maximum absolute atomic E-state index is 11.3. The van der Waals surface area contributed by atoms with Crippen molar-refractivity contribution in [3.63, 3.8) is 0 Å². The zero-order chi connectivity index (χ0) is 83.7. The highest BCUT2D eigenvalue weighted by Crippen LogP contribution is 2.42. The first-order valence-electron chi connectivity index (χ1n) is 44.1. The number of hydrogen-bond acceptors (Lipinski definition) is 12. The summed E-state index contributed by atoms with van der Waals surface area (Å²) in [5.74, 6) is 1.84. The molecule has 12 nitrogen and oxygen atoms in total. The molecule has 0 spiro atoms. The molecular weight excluding hydrogens is 1480 g/mol. The van der Waals surface area contributed by atoms with Gasteiger partial charge in [0.15, 0.2) is 0 Å². The fourth-order valence-corrected chi connectivity index (χ4v) is 19.2. The van der Waals surface area contributed by atoms with Crippen LogP contribution >= 0.6 is 0 Å². The average Bonchev–Trinajstić information content (AvgIpc) is 1.17. The molecule has 0 amide bonds. The van der Waals surface area contributed by atoms with Crippen molar-refractivity contribution in [3.8, 4) is 0 Å². The van der Waals surface area contributed by atoms with Gasteiger partial charge in [0.1, 0.15) is 0 Å². The van der Waals surface area contributed by atoms with Gasteiger partial charge in [-0.15, -0.1) is 0 Å². The predicted octanol–water partition coefficient (Wildman–Crippen LogP) is 23.7. The number of nitrogens with one attached hydrogen (secondary N) is 4. The van der Waals surface area contributed by atoms with Crippen LogP contribution in [-0.4, -0.2) is 76.5 Å². The van der Waals surface area contributed by atoms with Crippen molar-refractivity contribution in [2.24, 2.45) is 0 Å². The topological polar surface area (TPSA) is 153 Å². The van der Waals surface area contributed by atoms with Crippen LogP contribution in [0.2, 0.25) is 0 Å². The Morgan fingerprint density at radius 1 is 0.258 bits per heavy atom. The van der Waals surface area contributed by atoms with E-state index >= 15 is 0 Å². The molecule has 12 heteroatoms. The number of aryl methyl sites for hydroxylation is 4. The van der Waals surface area contributed by atoms with Crippen molar-refractivity contribution in [2.45, 2.75) is 228 Å². The summed E-state index contributed by atoms with van der Waals surface area (Å²) < 4.78 is 18.9. The van der Waals surface area contributed by atoms with Crippen LogP contribution in [0.5, 0.6) is 0 Å². The normalized spacial score (nSPS) is 19.7. The van der Waals surface area contributed by atoms with Gasteiger partial charge in [0, 0.05) is 74.0 Å². The molecule has 0 saturated heterocycles. The van der Waals surface area contributed by atoms with E-state index in [-0.39, 0.29) is 23.9 Å². The summed E-state index contributed by atoms with van der Waals surface area (Å²) in [5.41, 5.74) is 16.0. The van der Waals surface area contributed by atoms with Gasteiger partial charge >= 0.3 is 23.9 Å². The van der Waals surface area contributed by atoms with E-state index in [1.165, 1.54) is 215 Å². The fraction of sp³-hybridized carbons (Fsp3) is 0.370. The number of esters is 4. The van der Waals surface area contributed by atoms with Crippen LogP contribution in [0, 0.1) is 0 Å². The fourth-order valence-electron chi connectivity index (χ4n) is 19.2. The molecule has 4 aliphatic rings. The minimum Gasteiger partial charge on any atom is -0.469 e. The Bertz CT molecular complexity index is 4620. The van der Waals surface area contributed by atoms with Crippen molar-refractivity contribution >= 4 is 67.0 Å². The Labute approximate surface area is 712 Å². The Balaban J connectivity index is 0.000000138. The highest BCUT2D eigenvalue weighted by atomic mass is 16.5. The summed E-state index contributed by atoms with van der Waals surface area (Å²) in [6.07, 6.45) is 19.2. The summed E-state index contributed by atoms with van der Waals surface area (Å²) in [4.78, 5) is 45.3. The highest BCUT2D eigenvalue weighted by Gasteiger charge is 2.32. The second-order valence-corrected chi connectivity index (χ2v) is 33.9. The van der Waals surface area contributed by atoms with E-state index in [9.17, 15) is 19.2 Å². The van der Waals surface area contributed by atoms with Crippen molar-refractivity contribution in [1.82, 2.24) is 21.3 Å². The molecule has 4 saturated carbocycles. The molecule has 0 unspecified atom stereocenters. The Hall–Kier alpha value is -10.6. The van der Waals surface area contributed by atoms with Crippen LogP contribution in [0.1, 0.15) is 245 Å². The van der Waals surface area contributed by atoms with Crippen molar-refractivity contribution in [1.29, 1.82) is 0 Å². The van der Waals surface area contributed by atoms with Crippen LogP contribution in [0.3, 0.4) is 0 Å². The van der Waals surface area contributed by atoms with E-state index in [1.807, 2.05) is 0 Å². The molecule has 0 radical (unpaired) electrons. The lowest BCUT2D eigenvalue weighted by Crippen LogP contribution is -2.29. The lowest BCUT2D eigenvalue weighted by molar-refractivity contribution is -0.141. The third-order valence-corrected chi connectivity index (χ3v) is 26.0. The molecule has 4 N–H and O–H groups in total. The lowest BCUT2D eigenvalue weighted by atomic mass is 9.95. The Morgan fingerprint density at radius 3 is 0.650 bits per heavy atom. The molecular formula is C108H124N4O8. The van der Waals surface area contributed by atoms with Gasteiger partial charge < -0.3 is 40.2 Å². The molecule has 4 fully saturated rings. The molecule has 4 aliphatic carbocycles. The molecule has 0 bridgehead atoms. The van der Waals surface area contributed by atoms with Gasteiger partial charge in [-0.2, -0.15) is 0 Å². The predicted molar refractivity (Wildman–Crippen MR) is 491 cm³/mol. The molecule has 0 heterocycles. The van der Waals surface area contributed by atoms with Gasteiger partial charge in [-0.3, -0.25) is 19.2 Å². The summed E-state index contributed by atoms with van der Waals surface area (Å²) in [5, 5.41) is 26.1. The molecule has 624 valence electrons. The Morgan fingerprint density at radius 2 is 0.450 bits per heavy atom. The van der Waals surface area contributed by atoms with Crippen molar-refractivity contribution in [3.05, 3.63) is 334 Å². The van der Waals surface area contributed by atoms with Gasteiger partial charge in [-0.25, -0.2) is 0 Å². The summed E-state index contributed by atoms with van der Waals surface area (Å²) >= 11 is 0. The van der Waals surface area contributed by atoms with Crippen molar-refractivity contribution < 1.29 is 38.1 Å². The summed E-state index contributed by atoms with van der Waals surface area (Å²) in [7, 11) is 5.77. The first-order valence-corrected chi connectivity index (χ1v) is 44.1. The van der Waals surface area contributed by atoms with Crippen LogP contribution in [0.4, 0.5) is 0 Å². The van der Waals surface area contributed by atoms with Gasteiger partial charge in [0.25, 0.3) is 0 Å². The van der Waals surface area contributed by atoms with Crippen molar-refractivity contribution in [2.75, 3.05) is 28.4 Å². The molecule has 12 atom stereocenters. The first-order chi connectivity index (χ1) is 58.5. The van der Waals surface area contributed by atoms with Gasteiger partial charge in [0.05, 0.1) is 28.4 Å². The van der Waals surface area contributed by atoms with Gasteiger partial charge in [-0.1, -0.05) is 267 Å². The third kappa shape index (κ3) is 23.9. The molecule has 12 aromatic rings. The molecule has 120 heavy (non-hydrogen) atoms.